The average Bonchev–Trinajstić information content (AvgIpc) is 1.98. The number of aliphatic carboxylic acids is 1. The quantitative estimate of drug-likeness (QED) is 0.627. The van der Waals surface area contributed by atoms with Crippen molar-refractivity contribution in [1.29, 1.82) is 0 Å². The highest BCUT2D eigenvalue weighted by atomic mass is 16.5. The summed E-state index contributed by atoms with van der Waals surface area (Å²) in [6.07, 6.45) is 2.83. The second kappa shape index (κ2) is 5.14. The number of hydrogen-bond donors (Lipinski definition) is 1. The SMILES string of the molecule is COC(C)(C)CCCCC(=O)O. The molecule has 0 aromatic rings. The fourth-order valence-corrected chi connectivity index (χ4v) is 0.929. The lowest BCUT2D eigenvalue weighted by molar-refractivity contribution is -0.137. The molecule has 0 unspecified atom stereocenters. The molecule has 0 aromatic heterocycles. The highest BCUT2D eigenvalue weighted by Crippen LogP contribution is 2.16. The number of carbonyl (C=O) groups is 1. The zero-order valence-corrected chi connectivity index (χ0v) is 8.09. The van der Waals surface area contributed by atoms with Crippen molar-refractivity contribution in [3.05, 3.63) is 0 Å². The molecule has 3 heteroatoms. The monoisotopic (exact) mass is 174 g/mol. The second-order valence-corrected chi connectivity index (χ2v) is 3.56. The third-order valence-electron chi connectivity index (χ3n) is 1.97. The van der Waals surface area contributed by atoms with Crippen LogP contribution < -0.4 is 0 Å². The Labute approximate surface area is 73.7 Å². The molecular weight excluding hydrogens is 156 g/mol. The Bertz CT molecular complexity index is 141. The van der Waals surface area contributed by atoms with Gasteiger partial charge in [-0.05, 0) is 26.7 Å². The molecule has 0 spiro atoms. The molecule has 1 N–H and O–H groups in total. The number of unbranched alkanes of at least 4 members (excludes halogenated alkanes) is 1. The van der Waals surface area contributed by atoms with E-state index < -0.39 is 5.97 Å². The van der Waals surface area contributed by atoms with E-state index in [-0.39, 0.29) is 12.0 Å². The van der Waals surface area contributed by atoms with Crippen LogP contribution in [-0.4, -0.2) is 23.8 Å². The van der Waals surface area contributed by atoms with E-state index in [1.165, 1.54) is 0 Å². The predicted octanol–water partition coefficient (Wildman–Crippen LogP) is 2.06. The molecule has 0 aliphatic heterocycles. The molecule has 0 bridgehead atoms. The highest BCUT2D eigenvalue weighted by Gasteiger charge is 2.15. The van der Waals surface area contributed by atoms with Crippen molar-refractivity contribution in [3.8, 4) is 0 Å². The van der Waals surface area contributed by atoms with Gasteiger partial charge in [0.2, 0.25) is 0 Å². The molecule has 0 saturated carbocycles. The lowest BCUT2D eigenvalue weighted by atomic mass is 10.0. The lowest BCUT2D eigenvalue weighted by Gasteiger charge is -2.22. The summed E-state index contributed by atoms with van der Waals surface area (Å²) in [4.78, 5) is 10.2. The fraction of sp³-hybridized carbons (Fsp3) is 0.889. The molecule has 0 rings (SSSR count). The van der Waals surface area contributed by atoms with Crippen molar-refractivity contribution in [2.24, 2.45) is 0 Å². The van der Waals surface area contributed by atoms with Crippen LogP contribution >= 0.6 is 0 Å². The standard InChI is InChI=1S/C9H18O3/c1-9(2,12-3)7-5-4-6-8(10)11/h4-7H2,1-3H3,(H,10,11). The van der Waals surface area contributed by atoms with Crippen LogP contribution in [0.4, 0.5) is 0 Å². The molecule has 0 heterocycles. The minimum Gasteiger partial charge on any atom is -0.481 e. The predicted molar refractivity (Wildman–Crippen MR) is 47.2 cm³/mol. The van der Waals surface area contributed by atoms with Gasteiger partial charge in [-0.1, -0.05) is 6.42 Å². The minimum atomic E-state index is -0.717. The van der Waals surface area contributed by atoms with Gasteiger partial charge in [-0.2, -0.15) is 0 Å². The van der Waals surface area contributed by atoms with Crippen LogP contribution in [0.2, 0.25) is 0 Å². The summed E-state index contributed by atoms with van der Waals surface area (Å²) in [5, 5.41) is 8.37. The van der Waals surface area contributed by atoms with Gasteiger partial charge in [0.15, 0.2) is 0 Å². The van der Waals surface area contributed by atoms with Crippen LogP contribution in [0.5, 0.6) is 0 Å². The van der Waals surface area contributed by atoms with Crippen LogP contribution in [0, 0.1) is 0 Å². The number of carboxylic acid groups (broad SMARTS) is 1. The Morgan fingerprint density at radius 1 is 1.42 bits per heavy atom. The first-order valence-corrected chi connectivity index (χ1v) is 4.25. The Kier molecular flexibility index (Phi) is 4.90. The summed E-state index contributed by atoms with van der Waals surface area (Å²) in [5.41, 5.74) is -0.113. The number of methoxy groups -OCH3 is 1. The fourth-order valence-electron chi connectivity index (χ4n) is 0.929. The summed E-state index contributed by atoms with van der Waals surface area (Å²) >= 11 is 0. The zero-order chi connectivity index (χ0) is 9.61. The molecule has 0 aliphatic carbocycles. The molecule has 0 saturated heterocycles. The van der Waals surface area contributed by atoms with Crippen molar-refractivity contribution in [3.63, 3.8) is 0 Å². The molecule has 0 aliphatic rings. The van der Waals surface area contributed by atoms with E-state index in [4.69, 9.17) is 9.84 Å². The first-order chi connectivity index (χ1) is 5.48. The van der Waals surface area contributed by atoms with E-state index in [1.807, 2.05) is 13.8 Å². The van der Waals surface area contributed by atoms with Crippen molar-refractivity contribution < 1.29 is 14.6 Å². The number of hydrogen-bond acceptors (Lipinski definition) is 2. The topological polar surface area (TPSA) is 46.5 Å². The van der Waals surface area contributed by atoms with Gasteiger partial charge in [-0.3, -0.25) is 4.79 Å². The summed E-state index contributed by atoms with van der Waals surface area (Å²) in [5.74, 6) is -0.717. The lowest BCUT2D eigenvalue weighted by Crippen LogP contribution is -2.21. The van der Waals surface area contributed by atoms with Gasteiger partial charge in [0, 0.05) is 13.5 Å². The van der Waals surface area contributed by atoms with Crippen LogP contribution in [0.3, 0.4) is 0 Å². The zero-order valence-electron chi connectivity index (χ0n) is 8.09. The Hall–Kier alpha value is -0.570. The van der Waals surface area contributed by atoms with Gasteiger partial charge in [0.05, 0.1) is 5.60 Å². The summed E-state index contributed by atoms with van der Waals surface area (Å²) in [6.45, 7) is 4.02. The van der Waals surface area contributed by atoms with Gasteiger partial charge in [-0.15, -0.1) is 0 Å². The molecule has 3 nitrogen and oxygen atoms in total. The largest absolute Gasteiger partial charge is 0.481 e. The number of ether oxygens (including phenoxy) is 1. The number of carboxylic acids is 1. The van der Waals surface area contributed by atoms with Gasteiger partial charge in [0.1, 0.15) is 0 Å². The van der Waals surface area contributed by atoms with Crippen LogP contribution in [0.25, 0.3) is 0 Å². The smallest absolute Gasteiger partial charge is 0.303 e. The second-order valence-electron chi connectivity index (χ2n) is 3.56. The van der Waals surface area contributed by atoms with Gasteiger partial charge >= 0.3 is 5.97 Å². The van der Waals surface area contributed by atoms with Crippen molar-refractivity contribution in [1.82, 2.24) is 0 Å². The van der Waals surface area contributed by atoms with Gasteiger partial charge in [0.25, 0.3) is 0 Å². The minimum absolute atomic E-state index is 0.113. The van der Waals surface area contributed by atoms with Crippen molar-refractivity contribution in [2.45, 2.75) is 45.1 Å². The van der Waals surface area contributed by atoms with E-state index in [0.717, 1.165) is 19.3 Å². The molecular formula is C9H18O3. The van der Waals surface area contributed by atoms with E-state index in [0.29, 0.717) is 0 Å². The molecule has 0 aromatic carbocycles. The van der Waals surface area contributed by atoms with Crippen LogP contribution in [0.15, 0.2) is 0 Å². The molecule has 0 fully saturated rings. The maximum atomic E-state index is 10.2. The van der Waals surface area contributed by atoms with Crippen LogP contribution in [0.1, 0.15) is 39.5 Å². The van der Waals surface area contributed by atoms with Crippen molar-refractivity contribution >= 4 is 5.97 Å². The molecule has 12 heavy (non-hydrogen) atoms. The highest BCUT2D eigenvalue weighted by molar-refractivity contribution is 5.66. The van der Waals surface area contributed by atoms with Crippen molar-refractivity contribution in [2.75, 3.05) is 7.11 Å². The van der Waals surface area contributed by atoms with Crippen LogP contribution in [-0.2, 0) is 9.53 Å². The first kappa shape index (κ1) is 11.4. The van der Waals surface area contributed by atoms with E-state index in [1.54, 1.807) is 7.11 Å². The maximum Gasteiger partial charge on any atom is 0.303 e. The Balaban J connectivity index is 3.37. The summed E-state index contributed by atoms with van der Waals surface area (Å²) < 4.78 is 5.20. The normalized spacial score (nSPS) is 11.6. The molecule has 0 amide bonds. The third-order valence-corrected chi connectivity index (χ3v) is 1.97. The van der Waals surface area contributed by atoms with E-state index in [9.17, 15) is 4.79 Å². The van der Waals surface area contributed by atoms with Gasteiger partial charge in [-0.25, -0.2) is 0 Å². The average molecular weight is 174 g/mol. The Morgan fingerprint density at radius 3 is 2.42 bits per heavy atom. The third kappa shape index (κ3) is 6.16. The maximum absolute atomic E-state index is 10.2. The molecule has 0 radical (unpaired) electrons. The Morgan fingerprint density at radius 2 is 2.00 bits per heavy atom. The van der Waals surface area contributed by atoms with E-state index in [2.05, 4.69) is 0 Å². The van der Waals surface area contributed by atoms with E-state index >= 15 is 0 Å². The first-order valence-electron chi connectivity index (χ1n) is 4.25. The number of rotatable bonds is 6. The van der Waals surface area contributed by atoms with Gasteiger partial charge < -0.3 is 9.84 Å². The summed E-state index contributed by atoms with van der Waals surface area (Å²) in [7, 11) is 1.68. The molecule has 72 valence electrons. The summed E-state index contributed by atoms with van der Waals surface area (Å²) in [6, 6.07) is 0. The molecule has 0 atom stereocenters.